The van der Waals surface area contributed by atoms with Gasteiger partial charge in [0.15, 0.2) is 11.3 Å². The molecule has 0 fully saturated rings. The molecule has 0 bridgehead atoms. The maximum atomic E-state index is 11.3. The third-order valence-corrected chi connectivity index (χ3v) is 5.38. The van der Waals surface area contributed by atoms with Crippen LogP contribution in [-0.2, 0) is 0 Å². The van der Waals surface area contributed by atoms with Crippen LogP contribution < -0.4 is 0 Å². The molecule has 0 unspecified atom stereocenters. The topological polar surface area (TPSA) is 86.7 Å². The molecule has 0 atom stereocenters. The molecule has 146 valence electrons. The normalized spacial score (nSPS) is 11.3. The number of non-ortho nitro benzene ring substituents is 1. The first-order valence-electron chi connectivity index (χ1n) is 9.18. The fourth-order valence-electron chi connectivity index (χ4n) is 3.51. The largest absolute Gasteiger partial charge is 0.275 e. The van der Waals surface area contributed by atoms with Gasteiger partial charge in [-0.2, -0.15) is 0 Å². The summed E-state index contributed by atoms with van der Waals surface area (Å²) in [6, 6.07) is 20.0. The first-order valence-corrected chi connectivity index (χ1v) is 9.97. The number of benzene rings is 3. The molecule has 0 radical (unpaired) electrons. The SMILES string of the molecule is Cc1cc(Br)ccc1-n1c(-c2cccc([N+](=O)[O-])c2)nc2nc3ccccc3nc21. The number of nitrogens with zero attached hydrogens (tertiary/aromatic N) is 5. The summed E-state index contributed by atoms with van der Waals surface area (Å²) >= 11 is 3.50. The Kier molecular flexibility index (Phi) is 4.29. The highest BCUT2D eigenvalue weighted by Gasteiger charge is 2.20. The molecule has 0 aliphatic carbocycles. The van der Waals surface area contributed by atoms with Crippen molar-refractivity contribution in [2.45, 2.75) is 6.92 Å². The average molecular weight is 460 g/mol. The van der Waals surface area contributed by atoms with E-state index < -0.39 is 4.92 Å². The predicted octanol–water partition coefficient (Wildman–Crippen LogP) is 5.61. The van der Waals surface area contributed by atoms with Gasteiger partial charge < -0.3 is 0 Å². The van der Waals surface area contributed by atoms with Gasteiger partial charge in [0.2, 0.25) is 0 Å². The number of hydrogen-bond donors (Lipinski definition) is 0. The summed E-state index contributed by atoms with van der Waals surface area (Å²) in [7, 11) is 0. The average Bonchev–Trinajstić information content (AvgIpc) is 3.10. The second kappa shape index (κ2) is 7.00. The molecule has 0 aliphatic heterocycles. The zero-order valence-electron chi connectivity index (χ0n) is 15.8. The lowest BCUT2D eigenvalue weighted by atomic mass is 10.1. The minimum Gasteiger partial charge on any atom is -0.275 e. The maximum absolute atomic E-state index is 11.3. The summed E-state index contributed by atoms with van der Waals surface area (Å²) in [4.78, 5) is 25.1. The van der Waals surface area contributed by atoms with Crippen molar-refractivity contribution in [3.63, 3.8) is 0 Å². The number of halogens is 1. The molecule has 7 nitrogen and oxygen atoms in total. The van der Waals surface area contributed by atoms with Gasteiger partial charge in [-0.15, -0.1) is 0 Å². The van der Waals surface area contributed by atoms with Crippen molar-refractivity contribution in [2.75, 3.05) is 0 Å². The van der Waals surface area contributed by atoms with Crippen LogP contribution in [0.1, 0.15) is 5.56 Å². The van der Waals surface area contributed by atoms with Crippen molar-refractivity contribution in [2.24, 2.45) is 0 Å². The van der Waals surface area contributed by atoms with Gasteiger partial charge >= 0.3 is 0 Å². The van der Waals surface area contributed by atoms with Crippen molar-refractivity contribution in [3.8, 4) is 17.1 Å². The number of nitro benzene ring substituents is 1. The quantitative estimate of drug-likeness (QED) is 0.258. The van der Waals surface area contributed by atoms with Gasteiger partial charge in [0, 0.05) is 22.2 Å². The summed E-state index contributed by atoms with van der Waals surface area (Å²) in [6.07, 6.45) is 0. The van der Waals surface area contributed by atoms with E-state index in [1.54, 1.807) is 12.1 Å². The number of aromatic nitrogens is 4. The van der Waals surface area contributed by atoms with Gasteiger partial charge in [-0.25, -0.2) is 15.0 Å². The van der Waals surface area contributed by atoms with Gasteiger partial charge in [-0.05, 0) is 42.8 Å². The smallest absolute Gasteiger partial charge is 0.270 e. The highest BCUT2D eigenvalue weighted by Crippen LogP contribution is 2.32. The van der Waals surface area contributed by atoms with Crippen LogP contribution >= 0.6 is 15.9 Å². The molecular formula is C22H14BrN5O2. The third kappa shape index (κ3) is 3.02. The monoisotopic (exact) mass is 459 g/mol. The molecule has 30 heavy (non-hydrogen) atoms. The first kappa shape index (κ1) is 18.4. The Bertz CT molecular complexity index is 1460. The highest BCUT2D eigenvalue weighted by molar-refractivity contribution is 9.10. The molecule has 0 spiro atoms. The molecule has 5 aromatic rings. The molecule has 0 N–H and O–H groups in total. The van der Waals surface area contributed by atoms with Gasteiger partial charge in [0.1, 0.15) is 5.82 Å². The molecule has 2 aromatic heterocycles. The van der Waals surface area contributed by atoms with Crippen LogP contribution in [-0.4, -0.2) is 24.4 Å². The zero-order chi connectivity index (χ0) is 20.8. The van der Waals surface area contributed by atoms with Crippen LogP contribution in [0.25, 0.3) is 39.4 Å². The molecule has 3 aromatic carbocycles. The molecular weight excluding hydrogens is 446 g/mol. The van der Waals surface area contributed by atoms with Crippen molar-refractivity contribution in [1.82, 2.24) is 19.5 Å². The Balaban J connectivity index is 1.88. The van der Waals surface area contributed by atoms with E-state index in [1.807, 2.05) is 54.0 Å². The van der Waals surface area contributed by atoms with Crippen molar-refractivity contribution >= 4 is 43.9 Å². The maximum Gasteiger partial charge on any atom is 0.270 e. The van der Waals surface area contributed by atoms with Crippen LogP contribution in [0.5, 0.6) is 0 Å². The highest BCUT2D eigenvalue weighted by atomic mass is 79.9. The number of fused-ring (bicyclic) bond motifs is 2. The van der Waals surface area contributed by atoms with E-state index >= 15 is 0 Å². The van der Waals surface area contributed by atoms with Gasteiger partial charge in [0.05, 0.1) is 21.6 Å². The van der Waals surface area contributed by atoms with E-state index in [4.69, 9.17) is 9.97 Å². The predicted molar refractivity (Wildman–Crippen MR) is 119 cm³/mol. The van der Waals surface area contributed by atoms with Crippen LogP contribution in [0.3, 0.4) is 0 Å². The second-order valence-corrected chi connectivity index (χ2v) is 7.78. The number of para-hydroxylation sites is 2. The summed E-state index contributed by atoms with van der Waals surface area (Å²) in [5.74, 6) is 0.550. The van der Waals surface area contributed by atoms with Crippen molar-refractivity contribution < 1.29 is 4.92 Å². The van der Waals surface area contributed by atoms with E-state index in [-0.39, 0.29) is 5.69 Å². The van der Waals surface area contributed by atoms with Crippen LogP contribution in [0.4, 0.5) is 5.69 Å². The standard InChI is InChI=1S/C22H14BrN5O2/c1-13-11-15(23)9-10-19(13)27-21(14-5-4-6-16(12-14)28(29)30)26-20-22(27)25-18-8-3-2-7-17(18)24-20/h2-12H,1H3. The molecule has 0 saturated heterocycles. The lowest BCUT2D eigenvalue weighted by molar-refractivity contribution is -0.384. The molecule has 0 aliphatic rings. The minimum atomic E-state index is -0.411. The van der Waals surface area contributed by atoms with Crippen molar-refractivity contribution in [1.29, 1.82) is 0 Å². The fourth-order valence-corrected chi connectivity index (χ4v) is 3.98. The van der Waals surface area contributed by atoms with Crippen LogP contribution in [0.2, 0.25) is 0 Å². The van der Waals surface area contributed by atoms with E-state index in [9.17, 15) is 10.1 Å². The lowest BCUT2D eigenvalue weighted by Crippen LogP contribution is -2.02. The van der Waals surface area contributed by atoms with Crippen LogP contribution in [0.15, 0.2) is 71.2 Å². The van der Waals surface area contributed by atoms with E-state index in [1.165, 1.54) is 12.1 Å². The third-order valence-electron chi connectivity index (χ3n) is 4.88. The Morgan fingerprint density at radius 1 is 0.933 bits per heavy atom. The number of imidazole rings is 1. The summed E-state index contributed by atoms with van der Waals surface area (Å²) in [6.45, 7) is 2.00. The summed E-state index contributed by atoms with van der Waals surface area (Å²) < 4.78 is 2.87. The lowest BCUT2D eigenvalue weighted by Gasteiger charge is -2.12. The van der Waals surface area contributed by atoms with Crippen molar-refractivity contribution in [3.05, 3.63) is 86.9 Å². The molecule has 0 saturated carbocycles. The number of rotatable bonds is 3. The number of aryl methyl sites for hydroxylation is 1. The van der Waals surface area contributed by atoms with E-state index in [0.29, 0.717) is 22.7 Å². The Hall–Kier alpha value is -3.65. The van der Waals surface area contributed by atoms with Gasteiger partial charge in [-0.3, -0.25) is 14.7 Å². The van der Waals surface area contributed by atoms with E-state index in [2.05, 4.69) is 20.9 Å². The van der Waals surface area contributed by atoms with Gasteiger partial charge in [0.25, 0.3) is 5.69 Å². The van der Waals surface area contributed by atoms with Crippen LogP contribution in [0, 0.1) is 17.0 Å². The summed E-state index contributed by atoms with van der Waals surface area (Å²) in [5, 5.41) is 11.3. The first-order chi connectivity index (χ1) is 14.5. The number of hydrogen-bond acceptors (Lipinski definition) is 5. The molecule has 2 heterocycles. The number of nitro groups is 1. The minimum absolute atomic E-state index is 0.00436. The Morgan fingerprint density at radius 3 is 2.43 bits per heavy atom. The van der Waals surface area contributed by atoms with E-state index in [0.717, 1.165) is 26.8 Å². The molecule has 5 rings (SSSR count). The molecule has 0 amide bonds. The van der Waals surface area contributed by atoms with Gasteiger partial charge in [-0.1, -0.05) is 40.2 Å². The molecule has 8 heteroatoms. The summed E-state index contributed by atoms with van der Waals surface area (Å²) in [5.41, 5.74) is 5.09. The zero-order valence-corrected chi connectivity index (χ0v) is 17.4. The Labute approximate surface area is 179 Å². The fraction of sp³-hybridized carbons (Fsp3) is 0.0455. The second-order valence-electron chi connectivity index (χ2n) is 6.87. The Morgan fingerprint density at radius 2 is 1.70 bits per heavy atom.